The number of amides is 1. The first-order chi connectivity index (χ1) is 9.81. The van der Waals surface area contributed by atoms with Crippen molar-refractivity contribution >= 4 is 11.9 Å². The van der Waals surface area contributed by atoms with Crippen LogP contribution in [0.25, 0.3) is 0 Å². The summed E-state index contributed by atoms with van der Waals surface area (Å²) in [4.78, 5) is 23.4. The van der Waals surface area contributed by atoms with E-state index in [-0.39, 0.29) is 17.3 Å². The zero-order chi connectivity index (χ0) is 15.7. The van der Waals surface area contributed by atoms with Gasteiger partial charge in [-0.2, -0.15) is 10.2 Å². The van der Waals surface area contributed by atoms with Gasteiger partial charge in [0, 0.05) is 25.9 Å². The molecule has 0 saturated carbocycles. The molecule has 2 heterocycles. The number of carboxylic acids is 1. The lowest BCUT2D eigenvalue weighted by Gasteiger charge is -2.13. The molecule has 1 atom stereocenters. The molecule has 0 aliphatic carbocycles. The lowest BCUT2D eigenvalue weighted by Crippen LogP contribution is -2.30. The molecule has 0 aliphatic heterocycles. The maximum atomic E-state index is 12.3. The summed E-state index contributed by atoms with van der Waals surface area (Å²) in [5.74, 6) is -1.67. The summed E-state index contributed by atoms with van der Waals surface area (Å²) in [7, 11) is 3.33. The molecule has 0 spiro atoms. The van der Waals surface area contributed by atoms with Gasteiger partial charge in [-0.25, -0.2) is 4.79 Å². The smallest absolute Gasteiger partial charge is 0.339 e. The van der Waals surface area contributed by atoms with Gasteiger partial charge in [0.2, 0.25) is 0 Å². The van der Waals surface area contributed by atoms with Crippen LogP contribution in [0.2, 0.25) is 0 Å². The zero-order valence-electron chi connectivity index (χ0n) is 12.3. The predicted octanol–water partition coefficient (Wildman–Crippen LogP) is 0.651. The average molecular weight is 291 g/mol. The Balaban J connectivity index is 2.24. The van der Waals surface area contributed by atoms with E-state index in [2.05, 4.69) is 15.5 Å². The number of carboxylic acid groups (broad SMARTS) is 1. The summed E-state index contributed by atoms with van der Waals surface area (Å²) in [6.07, 6.45) is 2.98. The van der Waals surface area contributed by atoms with Crippen molar-refractivity contribution in [1.29, 1.82) is 0 Å². The van der Waals surface area contributed by atoms with Crippen molar-refractivity contribution in [3.05, 3.63) is 34.9 Å². The summed E-state index contributed by atoms with van der Waals surface area (Å²) < 4.78 is 2.92. The van der Waals surface area contributed by atoms with Crippen LogP contribution in [0.1, 0.15) is 45.1 Å². The van der Waals surface area contributed by atoms with Crippen LogP contribution in [0.5, 0.6) is 0 Å². The molecule has 2 aromatic rings. The molecule has 0 bridgehead atoms. The number of nitrogens with one attached hydrogen (secondary N) is 1. The van der Waals surface area contributed by atoms with E-state index in [0.717, 1.165) is 17.5 Å². The Morgan fingerprint density at radius 1 is 1.38 bits per heavy atom. The Morgan fingerprint density at radius 3 is 2.57 bits per heavy atom. The van der Waals surface area contributed by atoms with E-state index >= 15 is 0 Å². The fourth-order valence-electron chi connectivity index (χ4n) is 2.25. The lowest BCUT2D eigenvalue weighted by molar-refractivity contribution is 0.0690. The molecule has 8 heteroatoms. The van der Waals surface area contributed by atoms with Gasteiger partial charge in [-0.3, -0.25) is 14.2 Å². The Kier molecular flexibility index (Phi) is 3.79. The van der Waals surface area contributed by atoms with Gasteiger partial charge in [0.05, 0.1) is 17.9 Å². The maximum absolute atomic E-state index is 12.3. The van der Waals surface area contributed by atoms with Crippen molar-refractivity contribution in [2.24, 2.45) is 14.1 Å². The monoisotopic (exact) mass is 291 g/mol. The second kappa shape index (κ2) is 5.39. The Hall–Kier alpha value is -2.64. The van der Waals surface area contributed by atoms with E-state index in [1.807, 2.05) is 20.0 Å². The van der Waals surface area contributed by atoms with E-state index in [1.165, 1.54) is 11.7 Å². The molecule has 0 unspecified atom stereocenters. The standard InChI is InChI=1S/C13H17N5O3/c1-7(10-6-17(3)16-8(10)2)15-12(19)11-9(13(20)21)5-14-18(11)4/h5-7H,1-4H3,(H,15,19)(H,20,21)/t7-/m1/s1. The number of aryl methyl sites for hydroxylation is 3. The number of aromatic carboxylic acids is 1. The van der Waals surface area contributed by atoms with Gasteiger partial charge in [-0.15, -0.1) is 0 Å². The van der Waals surface area contributed by atoms with Crippen LogP contribution in [0.3, 0.4) is 0 Å². The van der Waals surface area contributed by atoms with Gasteiger partial charge >= 0.3 is 5.97 Å². The highest BCUT2D eigenvalue weighted by Crippen LogP contribution is 2.17. The first-order valence-corrected chi connectivity index (χ1v) is 6.37. The van der Waals surface area contributed by atoms with Crippen LogP contribution in [0.4, 0.5) is 0 Å². The van der Waals surface area contributed by atoms with Gasteiger partial charge in [0.25, 0.3) is 5.91 Å². The van der Waals surface area contributed by atoms with E-state index in [4.69, 9.17) is 5.11 Å². The Bertz CT molecular complexity index is 701. The number of aromatic nitrogens is 4. The highest BCUT2D eigenvalue weighted by Gasteiger charge is 2.23. The van der Waals surface area contributed by atoms with E-state index < -0.39 is 11.9 Å². The van der Waals surface area contributed by atoms with Crippen LogP contribution >= 0.6 is 0 Å². The highest BCUT2D eigenvalue weighted by atomic mass is 16.4. The first kappa shape index (κ1) is 14.8. The Labute approximate surface area is 121 Å². The highest BCUT2D eigenvalue weighted by molar-refractivity contribution is 6.03. The summed E-state index contributed by atoms with van der Waals surface area (Å²) in [5, 5.41) is 19.9. The number of carbonyl (C=O) groups excluding carboxylic acids is 1. The third-order valence-electron chi connectivity index (χ3n) is 3.25. The van der Waals surface area contributed by atoms with E-state index in [9.17, 15) is 9.59 Å². The predicted molar refractivity (Wildman–Crippen MR) is 74.0 cm³/mol. The van der Waals surface area contributed by atoms with Crippen LogP contribution in [0.15, 0.2) is 12.4 Å². The molecule has 1 amide bonds. The molecule has 0 fully saturated rings. The number of nitrogens with zero attached hydrogens (tertiary/aromatic N) is 4. The minimum absolute atomic E-state index is 0.0240. The summed E-state index contributed by atoms with van der Waals surface area (Å²) in [5.41, 5.74) is 1.60. The van der Waals surface area contributed by atoms with Gasteiger partial charge in [-0.05, 0) is 13.8 Å². The van der Waals surface area contributed by atoms with Crippen molar-refractivity contribution < 1.29 is 14.7 Å². The second-order valence-electron chi connectivity index (χ2n) is 4.87. The van der Waals surface area contributed by atoms with Crippen molar-refractivity contribution in [2.75, 3.05) is 0 Å². The molecule has 2 N–H and O–H groups in total. The quantitative estimate of drug-likeness (QED) is 0.861. The molecular weight excluding hydrogens is 274 g/mol. The zero-order valence-corrected chi connectivity index (χ0v) is 12.3. The summed E-state index contributed by atoms with van der Waals surface area (Å²) in [6, 6.07) is -0.289. The number of rotatable bonds is 4. The van der Waals surface area contributed by atoms with Gasteiger partial charge < -0.3 is 10.4 Å². The third kappa shape index (κ3) is 2.78. The van der Waals surface area contributed by atoms with Crippen LogP contribution in [-0.2, 0) is 14.1 Å². The van der Waals surface area contributed by atoms with Crippen molar-refractivity contribution in [2.45, 2.75) is 19.9 Å². The topological polar surface area (TPSA) is 102 Å². The maximum Gasteiger partial charge on any atom is 0.339 e. The van der Waals surface area contributed by atoms with E-state index in [1.54, 1.807) is 11.7 Å². The molecule has 0 aromatic carbocycles. The fraction of sp³-hybridized carbons (Fsp3) is 0.385. The summed E-state index contributed by atoms with van der Waals surface area (Å²) in [6.45, 7) is 3.67. The van der Waals surface area contributed by atoms with Crippen LogP contribution in [-0.4, -0.2) is 36.5 Å². The van der Waals surface area contributed by atoms with Crippen molar-refractivity contribution in [3.8, 4) is 0 Å². The van der Waals surface area contributed by atoms with Crippen LogP contribution < -0.4 is 5.32 Å². The molecule has 2 aromatic heterocycles. The molecule has 0 aliphatic rings. The van der Waals surface area contributed by atoms with Gasteiger partial charge in [0.1, 0.15) is 11.3 Å². The number of hydrogen-bond donors (Lipinski definition) is 2. The third-order valence-corrected chi connectivity index (χ3v) is 3.25. The SMILES string of the molecule is Cc1nn(C)cc1[C@@H](C)NC(=O)c1c(C(=O)O)cnn1C. The molecule has 0 radical (unpaired) electrons. The molecular formula is C13H17N5O3. The van der Waals surface area contributed by atoms with Gasteiger partial charge in [-0.1, -0.05) is 0 Å². The van der Waals surface area contributed by atoms with Crippen LogP contribution in [0, 0.1) is 6.92 Å². The number of hydrogen-bond acceptors (Lipinski definition) is 4. The molecule has 2 rings (SSSR count). The minimum Gasteiger partial charge on any atom is -0.478 e. The molecule has 112 valence electrons. The normalized spacial score (nSPS) is 12.2. The molecule has 21 heavy (non-hydrogen) atoms. The van der Waals surface area contributed by atoms with Crippen molar-refractivity contribution in [3.63, 3.8) is 0 Å². The van der Waals surface area contributed by atoms with E-state index in [0.29, 0.717) is 0 Å². The fourth-order valence-corrected chi connectivity index (χ4v) is 2.25. The second-order valence-corrected chi connectivity index (χ2v) is 4.87. The lowest BCUT2D eigenvalue weighted by atomic mass is 10.1. The first-order valence-electron chi connectivity index (χ1n) is 6.37. The molecule has 8 nitrogen and oxygen atoms in total. The summed E-state index contributed by atoms with van der Waals surface area (Å²) >= 11 is 0. The molecule has 0 saturated heterocycles. The minimum atomic E-state index is -1.18. The Morgan fingerprint density at radius 2 is 2.05 bits per heavy atom. The van der Waals surface area contributed by atoms with Gasteiger partial charge in [0.15, 0.2) is 0 Å². The number of carbonyl (C=O) groups is 2. The largest absolute Gasteiger partial charge is 0.478 e. The average Bonchev–Trinajstić information content (AvgIpc) is 2.92. The van der Waals surface area contributed by atoms with Crippen molar-refractivity contribution in [1.82, 2.24) is 24.9 Å².